The fourth-order valence-electron chi connectivity index (χ4n) is 2.57. The summed E-state index contributed by atoms with van der Waals surface area (Å²) in [5.41, 5.74) is 4.23. The van der Waals surface area contributed by atoms with Gasteiger partial charge in [-0.25, -0.2) is 13.4 Å². The Morgan fingerprint density at radius 3 is 2.74 bits per heavy atom. The SMILES string of the molecule is Cc1ccc(-c2csc(NC(=O)C3CCS(=O)(=O)C3)n2)cc1C. The number of carbonyl (C=O) groups is 1. The van der Waals surface area contributed by atoms with Crippen LogP contribution >= 0.6 is 11.3 Å². The molecule has 0 spiro atoms. The first-order valence-corrected chi connectivity index (χ1v) is 10.1. The number of hydrogen-bond acceptors (Lipinski definition) is 5. The van der Waals surface area contributed by atoms with E-state index < -0.39 is 15.8 Å². The number of aryl methyl sites for hydroxylation is 2. The van der Waals surface area contributed by atoms with Crippen LogP contribution in [-0.2, 0) is 14.6 Å². The topological polar surface area (TPSA) is 76.1 Å². The van der Waals surface area contributed by atoms with Gasteiger partial charge in [0.05, 0.1) is 23.1 Å². The molecule has 2 heterocycles. The van der Waals surface area contributed by atoms with E-state index in [4.69, 9.17) is 0 Å². The van der Waals surface area contributed by atoms with Gasteiger partial charge in [-0.1, -0.05) is 12.1 Å². The highest BCUT2D eigenvalue weighted by molar-refractivity contribution is 7.91. The molecule has 1 aliphatic rings. The molecule has 2 aromatic rings. The molecule has 0 saturated carbocycles. The van der Waals surface area contributed by atoms with Gasteiger partial charge in [0.2, 0.25) is 5.91 Å². The van der Waals surface area contributed by atoms with Gasteiger partial charge in [0.15, 0.2) is 15.0 Å². The third kappa shape index (κ3) is 3.61. The molecule has 0 bridgehead atoms. The average molecular weight is 350 g/mol. The summed E-state index contributed by atoms with van der Waals surface area (Å²) in [6.45, 7) is 4.11. The van der Waals surface area contributed by atoms with Crippen molar-refractivity contribution in [2.45, 2.75) is 20.3 Å². The summed E-state index contributed by atoms with van der Waals surface area (Å²) in [6, 6.07) is 6.12. The van der Waals surface area contributed by atoms with Crippen molar-refractivity contribution in [3.63, 3.8) is 0 Å². The molecule has 1 atom stereocenters. The minimum absolute atomic E-state index is 0.0613. The second kappa shape index (κ2) is 6.05. The Kier molecular flexibility index (Phi) is 4.25. The maximum absolute atomic E-state index is 12.1. The van der Waals surface area contributed by atoms with Crippen molar-refractivity contribution in [3.05, 3.63) is 34.7 Å². The van der Waals surface area contributed by atoms with Gasteiger partial charge in [0.25, 0.3) is 0 Å². The molecular formula is C16H18N2O3S2. The molecule has 1 saturated heterocycles. The van der Waals surface area contributed by atoms with E-state index in [-0.39, 0.29) is 17.4 Å². The first-order valence-electron chi connectivity index (χ1n) is 7.38. The number of thiazole rings is 1. The van der Waals surface area contributed by atoms with Crippen molar-refractivity contribution in [1.29, 1.82) is 0 Å². The van der Waals surface area contributed by atoms with E-state index in [9.17, 15) is 13.2 Å². The van der Waals surface area contributed by atoms with Crippen molar-refractivity contribution in [2.75, 3.05) is 16.8 Å². The van der Waals surface area contributed by atoms with Crippen molar-refractivity contribution in [1.82, 2.24) is 4.98 Å². The summed E-state index contributed by atoms with van der Waals surface area (Å²) in [4.78, 5) is 16.6. The van der Waals surface area contributed by atoms with Gasteiger partial charge in [-0.2, -0.15) is 0 Å². The summed E-state index contributed by atoms with van der Waals surface area (Å²) < 4.78 is 22.9. The molecule has 23 heavy (non-hydrogen) atoms. The minimum Gasteiger partial charge on any atom is -0.302 e. The molecule has 3 rings (SSSR count). The van der Waals surface area contributed by atoms with Gasteiger partial charge in [-0.05, 0) is 37.5 Å². The fourth-order valence-corrected chi connectivity index (χ4v) is 5.04. The van der Waals surface area contributed by atoms with Gasteiger partial charge >= 0.3 is 0 Å². The van der Waals surface area contributed by atoms with E-state index in [0.29, 0.717) is 11.6 Å². The Labute approximate surface area is 139 Å². The lowest BCUT2D eigenvalue weighted by Gasteiger charge is -2.06. The number of nitrogens with one attached hydrogen (secondary N) is 1. The quantitative estimate of drug-likeness (QED) is 0.923. The summed E-state index contributed by atoms with van der Waals surface area (Å²) in [5, 5.41) is 5.14. The predicted octanol–water partition coefficient (Wildman–Crippen LogP) is 2.80. The maximum atomic E-state index is 12.1. The molecule has 0 radical (unpaired) electrons. The van der Waals surface area contributed by atoms with Gasteiger partial charge in [0, 0.05) is 10.9 Å². The first-order chi connectivity index (χ1) is 10.8. The monoisotopic (exact) mass is 350 g/mol. The van der Waals surface area contributed by atoms with Crippen LogP contribution in [0.4, 0.5) is 5.13 Å². The minimum atomic E-state index is -3.06. The van der Waals surface area contributed by atoms with Crippen LogP contribution in [0.3, 0.4) is 0 Å². The van der Waals surface area contributed by atoms with E-state index in [1.807, 2.05) is 17.5 Å². The first kappa shape index (κ1) is 16.1. The summed E-state index contributed by atoms with van der Waals surface area (Å²) in [7, 11) is -3.06. The van der Waals surface area contributed by atoms with Gasteiger partial charge in [-0.3, -0.25) is 4.79 Å². The number of aromatic nitrogens is 1. The third-order valence-corrected chi connectivity index (χ3v) is 6.67. The molecule has 1 fully saturated rings. The summed E-state index contributed by atoms with van der Waals surface area (Å²) in [6.07, 6.45) is 0.392. The van der Waals surface area contributed by atoms with E-state index in [1.165, 1.54) is 22.5 Å². The van der Waals surface area contributed by atoms with Crippen molar-refractivity contribution in [2.24, 2.45) is 5.92 Å². The largest absolute Gasteiger partial charge is 0.302 e. The number of hydrogen-bond donors (Lipinski definition) is 1. The summed E-state index contributed by atoms with van der Waals surface area (Å²) in [5.74, 6) is -0.688. The number of amides is 1. The van der Waals surface area contributed by atoms with Gasteiger partial charge in [0.1, 0.15) is 0 Å². The molecule has 122 valence electrons. The van der Waals surface area contributed by atoms with Gasteiger partial charge < -0.3 is 5.32 Å². The summed E-state index contributed by atoms with van der Waals surface area (Å²) >= 11 is 1.35. The molecule has 0 aliphatic carbocycles. The zero-order chi connectivity index (χ0) is 16.6. The molecule has 1 amide bonds. The molecule has 7 heteroatoms. The van der Waals surface area contributed by atoms with Crippen molar-refractivity contribution < 1.29 is 13.2 Å². The Morgan fingerprint density at radius 2 is 2.09 bits per heavy atom. The van der Waals surface area contributed by atoms with E-state index in [0.717, 1.165) is 11.3 Å². The molecule has 5 nitrogen and oxygen atoms in total. The Balaban J connectivity index is 1.72. The number of benzene rings is 1. The van der Waals surface area contributed by atoms with Crippen LogP contribution in [0.5, 0.6) is 0 Å². The van der Waals surface area contributed by atoms with Crippen LogP contribution in [0, 0.1) is 19.8 Å². The molecular weight excluding hydrogens is 332 g/mol. The zero-order valence-corrected chi connectivity index (χ0v) is 14.6. The van der Waals surface area contributed by atoms with E-state index >= 15 is 0 Å². The smallest absolute Gasteiger partial charge is 0.230 e. The normalized spacial score (nSPS) is 19.7. The Hall–Kier alpha value is -1.73. The molecule has 1 N–H and O–H groups in total. The number of carbonyl (C=O) groups excluding carboxylic acids is 1. The number of anilines is 1. The molecule has 1 aliphatic heterocycles. The lowest BCUT2D eigenvalue weighted by Crippen LogP contribution is -2.23. The Morgan fingerprint density at radius 1 is 1.30 bits per heavy atom. The Bertz CT molecular complexity index is 856. The van der Waals surface area contributed by atoms with E-state index in [1.54, 1.807) is 0 Å². The third-order valence-electron chi connectivity index (χ3n) is 4.14. The highest BCUT2D eigenvalue weighted by atomic mass is 32.2. The fraction of sp³-hybridized carbons (Fsp3) is 0.375. The van der Waals surface area contributed by atoms with Crippen LogP contribution in [0.25, 0.3) is 11.3 Å². The molecule has 1 aromatic heterocycles. The number of rotatable bonds is 3. The second-order valence-electron chi connectivity index (χ2n) is 5.93. The van der Waals surface area contributed by atoms with Crippen LogP contribution in [0.2, 0.25) is 0 Å². The van der Waals surface area contributed by atoms with Crippen molar-refractivity contribution in [3.8, 4) is 11.3 Å². The number of nitrogens with zero attached hydrogens (tertiary/aromatic N) is 1. The predicted molar refractivity (Wildman–Crippen MR) is 92.4 cm³/mol. The van der Waals surface area contributed by atoms with Crippen LogP contribution < -0.4 is 5.32 Å². The van der Waals surface area contributed by atoms with Crippen LogP contribution in [0.15, 0.2) is 23.6 Å². The maximum Gasteiger partial charge on any atom is 0.230 e. The van der Waals surface area contributed by atoms with Crippen LogP contribution in [-0.4, -0.2) is 30.8 Å². The lowest BCUT2D eigenvalue weighted by atomic mass is 10.1. The average Bonchev–Trinajstić information content (AvgIpc) is 3.08. The van der Waals surface area contributed by atoms with E-state index in [2.05, 4.69) is 30.2 Å². The second-order valence-corrected chi connectivity index (χ2v) is 9.01. The molecule has 1 aromatic carbocycles. The van der Waals surface area contributed by atoms with Crippen molar-refractivity contribution >= 4 is 32.2 Å². The lowest BCUT2D eigenvalue weighted by molar-refractivity contribution is -0.119. The standard InChI is InChI=1S/C16H18N2O3S2/c1-10-3-4-12(7-11(10)2)14-8-22-16(17-14)18-15(19)13-5-6-23(20,21)9-13/h3-4,7-8,13H,5-6,9H2,1-2H3,(H,17,18,19). The zero-order valence-electron chi connectivity index (χ0n) is 13.0. The highest BCUT2D eigenvalue weighted by Gasteiger charge is 2.33. The molecule has 1 unspecified atom stereocenters. The van der Waals surface area contributed by atoms with Crippen LogP contribution in [0.1, 0.15) is 17.5 Å². The number of sulfone groups is 1. The highest BCUT2D eigenvalue weighted by Crippen LogP contribution is 2.27. The van der Waals surface area contributed by atoms with Gasteiger partial charge in [-0.15, -0.1) is 11.3 Å².